The highest BCUT2D eigenvalue weighted by Crippen LogP contribution is 2.09. The van der Waals surface area contributed by atoms with Crippen LogP contribution in [-0.4, -0.2) is 20.2 Å². The highest BCUT2D eigenvalue weighted by Gasteiger charge is 2.05. The lowest BCUT2D eigenvalue weighted by atomic mass is 10.2. The molecule has 2 aromatic rings. The lowest BCUT2D eigenvalue weighted by Crippen LogP contribution is -2.14. The summed E-state index contributed by atoms with van der Waals surface area (Å²) < 4.78 is 0. The Hall–Kier alpha value is -2.11. The summed E-state index contributed by atoms with van der Waals surface area (Å²) in [5.74, 6) is 1.46. The molecule has 0 fully saturated rings. The summed E-state index contributed by atoms with van der Waals surface area (Å²) in [5.41, 5.74) is 0.872. The van der Waals surface area contributed by atoms with Gasteiger partial charge in [0.25, 0.3) is 5.56 Å². The molecular weight excluding hydrogens is 218 g/mol. The number of aromatic nitrogens is 4. The van der Waals surface area contributed by atoms with Crippen LogP contribution in [0.5, 0.6) is 0 Å². The van der Waals surface area contributed by atoms with Gasteiger partial charge in [-0.15, -0.1) is 0 Å². The van der Waals surface area contributed by atoms with Gasteiger partial charge >= 0.3 is 0 Å². The van der Waals surface area contributed by atoms with Gasteiger partial charge in [0.2, 0.25) is 0 Å². The van der Waals surface area contributed by atoms with Crippen LogP contribution in [0, 0.1) is 0 Å². The zero-order valence-electron chi connectivity index (χ0n) is 9.82. The fourth-order valence-electron chi connectivity index (χ4n) is 1.41. The second-order valence-corrected chi connectivity index (χ2v) is 4.13. The van der Waals surface area contributed by atoms with Crippen LogP contribution in [0.3, 0.4) is 0 Å². The van der Waals surface area contributed by atoms with E-state index in [1.54, 1.807) is 12.4 Å². The molecule has 0 radical (unpaired) electrons. The van der Waals surface area contributed by atoms with Crippen molar-refractivity contribution in [1.82, 2.24) is 20.2 Å². The van der Waals surface area contributed by atoms with Gasteiger partial charge in [0, 0.05) is 30.3 Å². The predicted octanol–water partition coefficient (Wildman–Crippen LogP) is 1.23. The Morgan fingerprint density at radius 1 is 1.47 bits per heavy atom. The van der Waals surface area contributed by atoms with Crippen molar-refractivity contribution in [3.05, 3.63) is 40.2 Å². The molecule has 0 saturated heterocycles. The molecule has 0 bridgehead atoms. The van der Waals surface area contributed by atoms with Crippen LogP contribution < -0.4 is 10.9 Å². The molecule has 0 amide bonds. The Labute approximate surface area is 98.5 Å². The molecule has 6 nitrogen and oxygen atoms in total. The lowest BCUT2D eigenvalue weighted by molar-refractivity contribution is 0.766. The molecule has 0 saturated carbocycles. The highest BCUT2D eigenvalue weighted by atomic mass is 16.1. The molecule has 2 aromatic heterocycles. The summed E-state index contributed by atoms with van der Waals surface area (Å²) in [6.45, 7) is 4.56. The lowest BCUT2D eigenvalue weighted by Gasteiger charge is -2.07. The molecule has 0 aromatic carbocycles. The van der Waals surface area contributed by atoms with E-state index in [-0.39, 0.29) is 11.5 Å². The van der Waals surface area contributed by atoms with Crippen LogP contribution in [0.2, 0.25) is 0 Å². The first-order valence-electron chi connectivity index (χ1n) is 5.48. The summed E-state index contributed by atoms with van der Waals surface area (Å²) in [6.07, 6.45) is 3.52. The van der Waals surface area contributed by atoms with Crippen molar-refractivity contribution in [2.75, 3.05) is 5.32 Å². The average molecular weight is 233 g/mol. The minimum absolute atomic E-state index is 0.140. The van der Waals surface area contributed by atoms with Gasteiger partial charge in [0.1, 0.15) is 11.6 Å². The van der Waals surface area contributed by atoms with Crippen LogP contribution in [0.1, 0.15) is 31.2 Å². The molecular formula is C11H15N5O. The molecule has 17 heavy (non-hydrogen) atoms. The molecule has 6 heteroatoms. The first kappa shape index (κ1) is 11.4. The number of nitrogens with one attached hydrogen (secondary N) is 3. The van der Waals surface area contributed by atoms with Gasteiger partial charge in [-0.2, -0.15) is 5.10 Å². The Kier molecular flexibility index (Phi) is 3.22. The van der Waals surface area contributed by atoms with E-state index in [4.69, 9.17) is 0 Å². The summed E-state index contributed by atoms with van der Waals surface area (Å²) in [4.78, 5) is 18.5. The van der Waals surface area contributed by atoms with Crippen molar-refractivity contribution in [3.8, 4) is 0 Å². The molecule has 2 heterocycles. The van der Waals surface area contributed by atoms with Gasteiger partial charge in [-0.25, -0.2) is 4.98 Å². The van der Waals surface area contributed by atoms with Crippen LogP contribution in [-0.2, 0) is 6.54 Å². The standard InChI is InChI=1S/C11H15N5O/c1-7(2)11-15-9(3-10(17)16-11)12-4-8-5-13-14-6-8/h3,5-7H,4H2,1-2H3,(H,13,14)(H2,12,15,16,17). The van der Waals surface area contributed by atoms with Crippen molar-refractivity contribution < 1.29 is 0 Å². The maximum Gasteiger partial charge on any atom is 0.252 e. The fourth-order valence-corrected chi connectivity index (χ4v) is 1.41. The van der Waals surface area contributed by atoms with Gasteiger partial charge in [0.05, 0.1) is 6.20 Å². The van der Waals surface area contributed by atoms with Gasteiger partial charge in [-0.3, -0.25) is 9.89 Å². The summed E-state index contributed by atoms with van der Waals surface area (Å²) in [7, 11) is 0. The molecule has 0 aliphatic heterocycles. The van der Waals surface area contributed by atoms with Crippen LogP contribution in [0.25, 0.3) is 0 Å². The normalized spacial score (nSPS) is 10.8. The summed E-state index contributed by atoms with van der Waals surface area (Å²) in [6, 6.07) is 1.45. The number of H-pyrrole nitrogens is 2. The minimum Gasteiger partial charge on any atom is -0.366 e. The van der Waals surface area contributed by atoms with Crippen molar-refractivity contribution in [1.29, 1.82) is 0 Å². The van der Waals surface area contributed by atoms with E-state index in [1.165, 1.54) is 6.07 Å². The first-order valence-corrected chi connectivity index (χ1v) is 5.48. The molecule has 90 valence electrons. The van der Waals surface area contributed by atoms with Crippen molar-refractivity contribution in [2.24, 2.45) is 0 Å². The third-order valence-electron chi connectivity index (χ3n) is 2.34. The summed E-state index contributed by atoms with van der Waals surface area (Å²) in [5, 5.41) is 9.67. The van der Waals surface area contributed by atoms with E-state index in [1.807, 2.05) is 13.8 Å². The molecule has 0 atom stereocenters. The number of hydrogen-bond donors (Lipinski definition) is 3. The molecule has 2 rings (SSSR count). The Balaban J connectivity index is 2.13. The Morgan fingerprint density at radius 3 is 2.94 bits per heavy atom. The first-order chi connectivity index (χ1) is 8.15. The molecule has 0 aliphatic rings. The van der Waals surface area contributed by atoms with Gasteiger partial charge < -0.3 is 10.3 Å². The third-order valence-corrected chi connectivity index (χ3v) is 2.34. The number of hydrogen-bond acceptors (Lipinski definition) is 4. The topological polar surface area (TPSA) is 86.5 Å². The molecule has 3 N–H and O–H groups in total. The smallest absolute Gasteiger partial charge is 0.252 e. The van der Waals surface area contributed by atoms with Crippen LogP contribution in [0.4, 0.5) is 5.82 Å². The summed E-state index contributed by atoms with van der Waals surface area (Å²) >= 11 is 0. The number of nitrogens with zero attached hydrogens (tertiary/aromatic N) is 2. The number of anilines is 1. The van der Waals surface area contributed by atoms with Gasteiger partial charge in [0.15, 0.2) is 0 Å². The second-order valence-electron chi connectivity index (χ2n) is 4.13. The molecule has 0 unspecified atom stereocenters. The van der Waals surface area contributed by atoms with E-state index in [9.17, 15) is 4.79 Å². The maximum atomic E-state index is 11.4. The minimum atomic E-state index is -0.140. The zero-order chi connectivity index (χ0) is 12.3. The predicted molar refractivity (Wildman–Crippen MR) is 64.9 cm³/mol. The Morgan fingerprint density at radius 2 is 2.29 bits per heavy atom. The SMILES string of the molecule is CC(C)c1nc(NCc2cn[nH]c2)cc(=O)[nH]1. The number of aromatic amines is 2. The van der Waals surface area contributed by atoms with Crippen molar-refractivity contribution in [3.63, 3.8) is 0 Å². The van der Waals surface area contributed by atoms with Gasteiger partial charge in [-0.1, -0.05) is 13.8 Å². The van der Waals surface area contributed by atoms with E-state index in [0.717, 1.165) is 5.56 Å². The van der Waals surface area contributed by atoms with E-state index in [2.05, 4.69) is 25.5 Å². The van der Waals surface area contributed by atoms with E-state index in [0.29, 0.717) is 18.2 Å². The Bertz CT molecular complexity index is 529. The zero-order valence-corrected chi connectivity index (χ0v) is 9.82. The number of rotatable bonds is 4. The van der Waals surface area contributed by atoms with Gasteiger partial charge in [-0.05, 0) is 0 Å². The fraction of sp³-hybridized carbons (Fsp3) is 0.364. The van der Waals surface area contributed by atoms with E-state index < -0.39 is 0 Å². The third kappa shape index (κ3) is 2.93. The average Bonchev–Trinajstić information content (AvgIpc) is 2.78. The quantitative estimate of drug-likeness (QED) is 0.741. The largest absolute Gasteiger partial charge is 0.366 e. The highest BCUT2D eigenvalue weighted by molar-refractivity contribution is 5.34. The molecule has 0 spiro atoms. The van der Waals surface area contributed by atoms with E-state index >= 15 is 0 Å². The second kappa shape index (κ2) is 4.82. The van der Waals surface area contributed by atoms with Crippen molar-refractivity contribution >= 4 is 5.82 Å². The van der Waals surface area contributed by atoms with Crippen LogP contribution in [0.15, 0.2) is 23.3 Å². The molecule has 0 aliphatic carbocycles. The van der Waals surface area contributed by atoms with Crippen LogP contribution >= 0.6 is 0 Å². The monoisotopic (exact) mass is 233 g/mol. The van der Waals surface area contributed by atoms with Crippen molar-refractivity contribution in [2.45, 2.75) is 26.3 Å². The maximum absolute atomic E-state index is 11.4.